The summed E-state index contributed by atoms with van der Waals surface area (Å²) in [5, 5.41) is 2.98. The van der Waals surface area contributed by atoms with Crippen molar-refractivity contribution in [3.8, 4) is 0 Å². The lowest BCUT2D eigenvalue weighted by Gasteiger charge is -2.18. The van der Waals surface area contributed by atoms with E-state index in [0.717, 1.165) is 35.3 Å². The van der Waals surface area contributed by atoms with Crippen molar-refractivity contribution in [1.29, 1.82) is 0 Å². The zero-order chi connectivity index (χ0) is 18.4. The number of hydrogen-bond donors (Lipinski definition) is 2. The average Bonchev–Trinajstić information content (AvgIpc) is 3.05. The first-order chi connectivity index (χ1) is 12.6. The van der Waals surface area contributed by atoms with Crippen molar-refractivity contribution in [3.63, 3.8) is 0 Å². The van der Waals surface area contributed by atoms with Crippen LogP contribution in [0.5, 0.6) is 0 Å². The summed E-state index contributed by atoms with van der Waals surface area (Å²) in [6, 6.07) is 15.6. The van der Waals surface area contributed by atoms with Gasteiger partial charge in [-0.05, 0) is 35.6 Å². The highest BCUT2D eigenvalue weighted by Gasteiger charge is 2.20. The number of nitrogens with zero attached hydrogens (tertiary/aromatic N) is 1. The number of nitrogens with one attached hydrogen (secondary N) is 1. The molecule has 2 aromatic rings. The fourth-order valence-electron chi connectivity index (χ4n) is 3.25. The molecule has 27 heavy (non-hydrogen) atoms. The highest BCUT2D eigenvalue weighted by Crippen LogP contribution is 2.17. The van der Waals surface area contributed by atoms with E-state index in [1.165, 1.54) is 0 Å². The molecule has 1 aliphatic rings. The number of carbonyl (C=O) groups is 2. The Hall–Kier alpha value is -2.53. The van der Waals surface area contributed by atoms with Crippen molar-refractivity contribution in [1.82, 2.24) is 10.2 Å². The Kier molecular flexibility index (Phi) is 7.67. The van der Waals surface area contributed by atoms with Crippen LogP contribution in [-0.2, 0) is 29.1 Å². The van der Waals surface area contributed by atoms with E-state index >= 15 is 0 Å². The van der Waals surface area contributed by atoms with Crippen LogP contribution in [0.3, 0.4) is 0 Å². The summed E-state index contributed by atoms with van der Waals surface area (Å²) in [6.45, 7) is 1.91. The maximum atomic E-state index is 12.2. The predicted molar refractivity (Wildman–Crippen MR) is 109 cm³/mol. The zero-order valence-corrected chi connectivity index (χ0v) is 16.1. The molecular weight excluding hydrogens is 362 g/mol. The molecule has 2 aromatic carbocycles. The van der Waals surface area contributed by atoms with Crippen molar-refractivity contribution in [3.05, 3.63) is 65.2 Å². The van der Waals surface area contributed by atoms with Crippen LogP contribution in [0.25, 0.3) is 0 Å². The number of nitrogen functional groups attached to an aromatic ring is 1. The number of hydrogen-bond acceptors (Lipinski definition) is 3. The normalized spacial score (nSPS) is 13.3. The molecule has 0 unspecified atom stereocenters. The van der Waals surface area contributed by atoms with Crippen LogP contribution in [-0.4, -0.2) is 23.3 Å². The monoisotopic (exact) mass is 387 g/mol. The summed E-state index contributed by atoms with van der Waals surface area (Å²) in [5.41, 5.74) is 9.78. The van der Waals surface area contributed by atoms with E-state index in [9.17, 15) is 9.59 Å². The molecule has 1 fully saturated rings. The number of halogens is 1. The summed E-state index contributed by atoms with van der Waals surface area (Å²) in [6.07, 6.45) is 2.60. The maximum Gasteiger partial charge on any atom is 0.222 e. The summed E-state index contributed by atoms with van der Waals surface area (Å²) in [4.78, 5) is 25.9. The molecule has 3 rings (SSSR count). The summed E-state index contributed by atoms with van der Waals surface area (Å²) in [5.74, 6) is 0.213. The second-order valence-corrected chi connectivity index (χ2v) is 6.66. The van der Waals surface area contributed by atoms with Gasteiger partial charge < -0.3 is 16.0 Å². The molecule has 1 saturated heterocycles. The fourth-order valence-corrected chi connectivity index (χ4v) is 3.25. The van der Waals surface area contributed by atoms with E-state index in [4.69, 9.17) is 5.73 Å². The number of aryl methyl sites for hydroxylation is 1. The van der Waals surface area contributed by atoms with Gasteiger partial charge in [0.1, 0.15) is 0 Å². The molecule has 0 radical (unpaired) electrons. The van der Waals surface area contributed by atoms with Gasteiger partial charge in [-0.2, -0.15) is 0 Å². The first kappa shape index (κ1) is 20.8. The van der Waals surface area contributed by atoms with Crippen LogP contribution in [0.1, 0.15) is 36.0 Å². The Labute approximate surface area is 166 Å². The third kappa shape index (κ3) is 5.73. The molecule has 0 bridgehead atoms. The summed E-state index contributed by atoms with van der Waals surface area (Å²) in [7, 11) is 0. The van der Waals surface area contributed by atoms with E-state index < -0.39 is 0 Å². The van der Waals surface area contributed by atoms with Gasteiger partial charge in [-0.1, -0.05) is 42.5 Å². The molecule has 1 aliphatic heterocycles. The standard InChI is InChI=1S/C21H25N3O2.ClH/c22-19-9-4-3-6-16(19)11-12-20(25)23-14-17-7-1-2-8-18(17)15-24-13-5-10-21(24)26;/h1-4,6-9H,5,10-15,22H2,(H,23,25);1H. The molecule has 0 aliphatic carbocycles. The summed E-state index contributed by atoms with van der Waals surface area (Å²) >= 11 is 0. The lowest BCUT2D eigenvalue weighted by atomic mass is 10.1. The van der Waals surface area contributed by atoms with Crippen LogP contribution >= 0.6 is 12.4 Å². The van der Waals surface area contributed by atoms with Crippen LogP contribution in [0.15, 0.2) is 48.5 Å². The first-order valence-corrected chi connectivity index (χ1v) is 9.08. The third-order valence-corrected chi connectivity index (χ3v) is 4.80. The summed E-state index contributed by atoms with van der Waals surface area (Å²) < 4.78 is 0. The minimum absolute atomic E-state index is 0. The number of rotatable bonds is 7. The predicted octanol–water partition coefficient (Wildman–Crippen LogP) is 3.06. The molecule has 0 aromatic heterocycles. The van der Waals surface area contributed by atoms with Crippen molar-refractivity contribution >= 4 is 29.9 Å². The van der Waals surface area contributed by atoms with Crippen molar-refractivity contribution in [2.45, 2.75) is 38.8 Å². The molecular formula is C21H26ClN3O2. The zero-order valence-electron chi connectivity index (χ0n) is 15.3. The number of carbonyl (C=O) groups excluding carboxylic acids is 2. The van der Waals surface area contributed by atoms with Crippen LogP contribution in [0.2, 0.25) is 0 Å². The van der Waals surface area contributed by atoms with E-state index in [-0.39, 0.29) is 24.2 Å². The van der Waals surface area contributed by atoms with E-state index in [1.54, 1.807) is 0 Å². The molecule has 1 heterocycles. The quantitative estimate of drug-likeness (QED) is 0.717. The Bertz CT molecular complexity index is 795. The molecule has 0 spiro atoms. The van der Waals surface area contributed by atoms with Crippen LogP contribution in [0.4, 0.5) is 5.69 Å². The van der Waals surface area contributed by atoms with E-state index in [2.05, 4.69) is 5.32 Å². The highest BCUT2D eigenvalue weighted by atomic mass is 35.5. The van der Waals surface area contributed by atoms with Gasteiger partial charge in [0.15, 0.2) is 0 Å². The average molecular weight is 388 g/mol. The fraction of sp³-hybridized carbons (Fsp3) is 0.333. The topological polar surface area (TPSA) is 75.4 Å². The first-order valence-electron chi connectivity index (χ1n) is 9.08. The Morgan fingerprint density at radius 3 is 2.37 bits per heavy atom. The van der Waals surface area contributed by atoms with Crippen LogP contribution in [0, 0.1) is 0 Å². The van der Waals surface area contributed by atoms with Gasteiger partial charge in [-0.25, -0.2) is 0 Å². The van der Waals surface area contributed by atoms with Gasteiger partial charge >= 0.3 is 0 Å². The Balaban J connectivity index is 0.00000261. The van der Waals surface area contributed by atoms with Gasteiger partial charge in [0.25, 0.3) is 0 Å². The molecule has 3 N–H and O–H groups in total. The lowest BCUT2D eigenvalue weighted by molar-refractivity contribution is -0.128. The van der Waals surface area contributed by atoms with E-state index in [0.29, 0.717) is 32.4 Å². The van der Waals surface area contributed by atoms with Crippen LogP contribution < -0.4 is 11.1 Å². The largest absolute Gasteiger partial charge is 0.399 e. The van der Waals surface area contributed by atoms with Gasteiger partial charge in [-0.3, -0.25) is 9.59 Å². The van der Waals surface area contributed by atoms with Crippen molar-refractivity contribution < 1.29 is 9.59 Å². The second-order valence-electron chi connectivity index (χ2n) is 6.66. The molecule has 0 saturated carbocycles. The molecule has 144 valence electrons. The van der Waals surface area contributed by atoms with Crippen molar-refractivity contribution in [2.75, 3.05) is 12.3 Å². The Morgan fingerprint density at radius 1 is 1.04 bits per heavy atom. The molecule has 6 heteroatoms. The Morgan fingerprint density at radius 2 is 1.70 bits per heavy atom. The molecule has 0 atom stereocenters. The van der Waals surface area contributed by atoms with E-state index in [1.807, 2.05) is 53.4 Å². The van der Waals surface area contributed by atoms with Crippen molar-refractivity contribution in [2.24, 2.45) is 0 Å². The van der Waals surface area contributed by atoms with Gasteiger partial charge in [0, 0.05) is 38.2 Å². The second kappa shape index (κ2) is 9.97. The number of nitrogens with two attached hydrogens (primary N) is 1. The minimum atomic E-state index is 0. The highest BCUT2D eigenvalue weighted by molar-refractivity contribution is 5.85. The smallest absolute Gasteiger partial charge is 0.222 e. The number of likely N-dealkylation sites (tertiary alicyclic amines) is 1. The maximum absolute atomic E-state index is 12.2. The van der Waals surface area contributed by atoms with Gasteiger partial charge in [-0.15, -0.1) is 12.4 Å². The van der Waals surface area contributed by atoms with Gasteiger partial charge in [0.2, 0.25) is 11.8 Å². The number of amides is 2. The molecule has 2 amide bonds. The molecule has 5 nitrogen and oxygen atoms in total. The number of para-hydroxylation sites is 1. The number of benzene rings is 2. The lowest BCUT2D eigenvalue weighted by Crippen LogP contribution is -2.27. The number of anilines is 1. The minimum Gasteiger partial charge on any atom is -0.399 e. The van der Waals surface area contributed by atoms with Gasteiger partial charge in [0.05, 0.1) is 0 Å². The SMILES string of the molecule is Cl.Nc1ccccc1CCC(=O)NCc1ccccc1CN1CCCC1=O. The third-order valence-electron chi connectivity index (χ3n) is 4.80.